The molecule has 2 rings (SSSR count). The lowest BCUT2D eigenvalue weighted by atomic mass is 10.1. The van der Waals surface area contributed by atoms with Crippen molar-refractivity contribution < 1.29 is 4.74 Å². The summed E-state index contributed by atoms with van der Waals surface area (Å²) >= 11 is 5.21. The lowest BCUT2D eigenvalue weighted by Crippen LogP contribution is -2.05. The van der Waals surface area contributed by atoms with E-state index in [0.717, 1.165) is 27.5 Å². The topological polar surface area (TPSA) is 34.2 Å². The molecule has 0 atom stereocenters. The second-order valence-corrected chi connectivity index (χ2v) is 6.16. The van der Waals surface area contributed by atoms with Gasteiger partial charge in [-0.15, -0.1) is 11.3 Å². The highest BCUT2D eigenvalue weighted by Gasteiger charge is 2.05. The van der Waals surface area contributed by atoms with Gasteiger partial charge in [-0.2, -0.15) is 0 Å². The number of benzene rings is 1. The second-order valence-electron chi connectivity index (χ2n) is 4.42. The van der Waals surface area contributed by atoms with Gasteiger partial charge in [0.1, 0.15) is 17.4 Å². The molecule has 0 aliphatic heterocycles. The highest BCUT2D eigenvalue weighted by Crippen LogP contribution is 2.26. The van der Waals surface area contributed by atoms with Gasteiger partial charge in [0.25, 0.3) is 0 Å². The average Bonchev–Trinajstić information content (AvgIpc) is 2.81. The Labute approximate surface area is 126 Å². The maximum absolute atomic E-state index is 5.80. The summed E-state index contributed by atoms with van der Waals surface area (Å²) in [6.07, 6.45) is 0. The van der Waals surface area contributed by atoms with Crippen LogP contribution in [0.25, 0.3) is 0 Å². The normalized spacial score (nSPS) is 10.7. The van der Waals surface area contributed by atoms with Gasteiger partial charge in [-0.05, 0) is 44.2 Å². The van der Waals surface area contributed by atoms with Crippen LogP contribution in [0.4, 0.5) is 0 Å². The van der Waals surface area contributed by atoms with E-state index in [0.29, 0.717) is 6.61 Å². The average molecular weight is 341 g/mol. The zero-order chi connectivity index (χ0) is 13.8. The molecule has 1 aromatic heterocycles. The smallest absolute Gasteiger partial charge is 0.131 e. The summed E-state index contributed by atoms with van der Waals surface area (Å²) in [5.74, 6) is 0.890. The molecule has 0 spiro atoms. The van der Waals surface area contributed by atoms with Crippen LogP contribution >= 0.6 is 27.3 Å². The van der Waals surface area contributed by atoms with Crippen molar-refractivity contribution in [3.05, 3.63) is 43.8 Å². The van der Waals surface area contributed by atoms with Crippen LogP contribution in [0.5, 0.6) is 5.75 Å². The van der Waals surface area contributed by atoms with E-state index in [1.807, 2.05) is 24.6 Å². The Morgan fingerprint density at radius 2 is 2.00 bits per heavy atom. The molecule has 3 nitrogen and oxygen atoms in total. The zero-order valence-corrected chi connectivity index (χ0v) is 13.7. The van der Waals surface area contributed by atoms with Crippen molar-refractivity contribution in [2.24, 2.45) is 0 Å². The first-order valence-electron chi connectivity index (χ1n) is 6.07. The van der Waals surface area contributed by atoms with Crippen molar-refractivity contribution in [2.45, 2.75) is 27.0 Å². The minimum absolute atomic E-state index is 0.515. The minimum Gasteiger partial charge on any atom is -0.487 e. The van der Waals surface area contributed by atoms with Crippen LogP contribution in [-0.4, -0.2) is 12.0 Å². The Morgan fingerprint density at radius 1 is 1.32 bits per heavy atom. The SMILES string of the molecule is CNCc1nc(COc2cc(C)c(Br)c(C)c2)cs1. The van der Waals surface area contributed by atoms with Crippen LogP contribution < -0.4 is 10.1 Å². The first-order valence-corrected chi connectivity index (χ1v) is 7.75. The number of ether oxygens (including phenoxy) is 1. The van der Waals surface area contributed by atoms with Crippen LogP contribution in [0.1, 0.15) is 21.8 Å². The molecule has 0 unspecified atom stereocenters. The van der Waals surface area contributed by atoms with Gasteiger partial charge >= 0.3 is 0 Å². The predicted octanol–water partition coefficient (Wildman–Crippen LogP) is 3.82. The number of nitrogens with zero attached hydrogens (tertiary/aromatic N) is 1. The molecule has 2 aromatic rings. The molecule has 1 heterocycles. The Balaban J connectivity index is 2.01. The standard InChI is InChI=1S/C14H17BrN2OS/c1-9-4-12(5-10(2)14(9)15)18-7-11-8-19-13(17-11)6-16-3/h4-5,8,16H,6-7H2,1-3H3. The van der Waals surface area contributed by atoms with Gasteiger partial charge in [-0.3, -0.25) is 0 Å². The number of nitrogens with one attached hydrogen (secondary N) is 1. The van der Waals surface area contributed by atoms with E-state index in [2.05, 4.69) is 40.1 Å². The molecule has 0 radical (unpaired) electrons. The summed E-state index contributed by atoms with van der Waals surface area (Å²) in [4.78, 5) is 4.50. The van der Waals surface area contributed by atoms with Crippen LogP contribution in [-0.2, 0) is 13.2 Å². The monoisotopic (exact) mass is 340 g/mol. The molecule has 0 saturated heterocycles. The number of aromatic nitrogens is 1. The van der Waals surface area contributed by atoms with Gasteiger partial charge in [0.05, 0.1) is 5.69 Å². The summed E-state index contributed by atoms with van der Waals surface area (Å²) < 4.78 is 6.95. The fraction of sp³-hybridized carbons (Fsp3) is 0.357. The summed E-state index contributed by atoms with van der Waals surface area (Å²) in [5.41, 5.74) is 3.35. The molecule has 19 heavy (non-hydrogen) atoms. The summed E-state index contributed by atoms with van der Waals surface area (Å²) in [7, 11) is 1.92. The molecular weight excluding hydrogens is 324 g/mol. The van der Waals surface area contributed by atoms with Crippen LogP contribution in [0.2, 0.25) is 0 Å². The van der Waals surface area contributed by atoms with Crippen molar-refractivity contribution in [3.8, 4) is 5.75 Å². The largest absolute Gasteiger partial charge is 0.487 e. The first kappa shape index (κ1) is 14.5. The third-order valence-electron chi connectivity index (χ3n) is 2.72. The molecule has 0 amide bonds. The third-order valence-corrected chi connectivity index (χ3v) is 4.87. The predicted molar refractivity (Wildman–Crippen MR) is 82.8 cm³/mol. The van der Waals surface area contributed by atoms with E-state index in [4.69, 9.17) is 4.74 Å². The molecule has 1 aromatic carbocycles. The van der Waals surface area contributed by atoms with Gasteiger partial charge in [0.2, 0.25) is 0 Å². The molecular formula is C14H17BrN2OS. The number of hydrogen-bond donors (Lipinski definition) is 1. The zero-order valence-electron chi connectivity index (χ0n) is 11.3. The number of aryl methyl sites for hydroxylation is 2. The van der Waals surface area contributed by atoms with Crippen molar-refractivity contribution in [1.29, 1.82) is 0 Å². The van der Waals surface area contributed by atoms with Crippen molar-refractivity contribution in [3.63, 3.8) is 0 Å². The van der Waals surface area contributed by atoms with E-state index in [1.165, 1.54) is 11.1 Å². The van der Waals surface area contributed by atoms with Gasteiger partial charge in [0.15, 0.2) is 0 Å². The van der Waals surface area contributed by atoms with E-state index in [9.17, 15) is 0 Å². The van der Waals surface area contributed by atoms with Gasteiger partial charge in [0, 0.05) is 16.4 Å². The van der Waals surface area contributed by atoms with Crippen molar-refractivity contribution in [2.75, 3.05) is 7.05 Å². The molecule has 1 N–H and O–H groups in total. The molecule has 0 fully saturated rings. The Hall–Kier alpha value is -0.910. The van der Waals surface area contributed by atoms with Gasteiger partial charge in [-0.1, -0.05) is 15.9 Å². The Bertz CT molecular complexity index is 545. The second kappa shape index (κ2) is 6.50. The van der Waals surface area contributed by atoms with E-state index >= 15 is 0 Å². The van der Waals surface area contributed by atoms with E-state index in [1.54, 1.807) is 11.3 Å². The van der Waals surface area contributed by atoms with Gasteiger partial charge in [-0.25, -0.2) is 4.98 Å². The van der Waals surface area contributed by atoms with Crippen LogP contribution in [0, 0.1) is 13.8 Å². The fourth-order valence-electron chi connectivity index (χ4n) is 1.79. The number of rotatable bonds is 5. The van der Waals surface area contributed by atoms with Crippen molar-refractivity contribution >= 4 is 27.3 Å². The Kier molecular flexibility index (Phi) is 4.96. The molecule has 0 bridgehead atoms. The summed E-state index contributed by atoms with van der Waals surface area (Å²) in [6, 6.07) is 4.08. The molecule has 0 saturated carbocycles. The maximum Gasteiger partial charge on any atom is 0.131 e. The van der Waals surface area contributed by atoms with E-state index < -0.39 is 0 Å². The molecule has 0 aliphatic rings. The molecule has 102 valence electrons. The third kappa shape index (κ3) is 3.78. The molecule has 5 heteroatoms. The fourth-order valence-corrected chi connectivity index (χ4v) is 2.81. The molecule has 0 aliphatic carbocycles. The number of thiazole rings is 1. The first-order chi connectivity index (χ1) is 9.10. The highest BCUT2D eigenvalue weighted by molar-refractivity contribution is 9.10. The number of hydrogen-bond acceptors (Lipinski definition) is 4. The quantitative estimate of drug-likeness (QED) is 0.898. The minimum atomic E-state index is 0.515. The highest BCUT2D eigenvalue weighted by atomic mass is 79.9. The van der Waals surface area contributed by atoms with Crippen LogP contribution in [0.15, 0.2) is 22.0 Å². The van der Waals surface area contributed by atoms with Crippen LogP contribution in [0.3, 0.4) is 0 Å². The lowest BCUT2D eigenvalue weighted by Gasteiger charge is -2.09. The van der Waals surface area contributed by atoms with Crippen molar-refractivity contribution in [1.82, 2.24) is 10.3 Å². The maximum atomic E-state index is 5.80. The summed E-state index contributed by atoms with van der Waals surface area (Å²) in [6.45, 7) is 5.46. The Morgan fingerprint density at radius 3 is 2.63 bits per heavy atom. The lowest BCUT2D eigenvalue weighted by molar-refractivity contribution is 0.301. The number of halogens is 1. The van der Waals surface area contributed by atoms with E-state index in [-0.39, 0.29) is 0 Å². The summed E-state index contributed by atoms with van der Waals surface area (Å²) in [5, 5.41) is 6.23. The van der Waals surface area contributed by atoms with Gasteiger partial charge < -0.3 is 10.1 Å².